The summed E-state index contributed by atoms with van der Waals surface area (Å²) in [7, 11) is 1.65. The van der Waals surface area contributed by atoms with Gasteiger partial charge in [0.15, 0.2) is 0 Å². The van der Waals surface area contributed by atoms with E-state index in [9.17, 15) is 4.79 Å². The summed E-state index contributed by atoms with van der Waals surface area (Å²) in [5, 5.41) is 5.97. The van der Waals surface area contributed by atoms with Gasteiger partial charge < -0.3 is 15.4 Å². The van der Waals surface area contributed by atoms with Crippen molar-refractivity contribution in [1.82, 2.24) is 10.6 Å². The van der Waals surface area contributed by atoms with Crippen LogP contribution in [0, 0.1) is 5.92 Å². The molecule has 0 aromatic rings. The number of rotatable bonds is 7. The number of hydrogen-bond donors (Lipinski definition) is 2. The molecule has 0 aliphatic carbocycles. The van der Waals surface area contributed by atoms with Crippen LogP contribution in [0.3, 0.4) is 0 Å². The summed E-state index contributed by atoms with van der Waals surface area (Å²) in [5.41, 5.74) is 0. The monoisotopic (exact) mass is 232 g/mol. The highest BCUT2D eigenvalue weighted by Crippen LogP contribution is 2.22. The lowest BCUT2D eigenvalue weighted by molar-refractivity contribution is -0.120. The van der Waals surface area contributed by atoms with Gasteiger partial charge in [0.1, 0.15) is 0 Å². The topological polar surface area (TPSA) is 50.4 Å². The van der Waals surface area contributed by atoms with E-state index in [1.165, 1.54) is 17.9 Å². The lowest BCUT2D eigenvalue weighted by Gasteiger charge is -2.10. The molecule has 0 spiro atoms. The van der Waals surface area contributed by atoms with E-state index >= 15 is 0 Å². The molecule has 0 radical (unpaired) electrons. The van der Waals surface area contributed by atoms with Crippen molar-refractivity contribution in [2.75, 3.05) is 44.9 Å². The molecule has 1 aliphatic heterocycles. The molecule has 1 saturated heterocycles. The van der Waals surface area contributed by atoms with Crippen LogP contribution in [0.5, 0.6) is 0 Å². The van der Waals surface area contributed by atoms with Gasteiger partial charge in [-0.25, -0.2) is 0 Å². The Hall–Kier alpha value is -0.260. The standard InChI is InChI=1S/C10H20N2O2S/c1-14-4-3-11-7-10(13)12-6-9-2-5-15-8-9/h9,11H,2-8H2,1H3,(H,12,13). The first kappa shape index (κ1) is 12.8. The molecule has 15 heavy (non-hydrogen) atoms. The summed E-state index contributed by atoms with van der Waals surface area (Å²) >= 11 is 1.97. The Morgan fingerprint density at radius 2 is 2.47 bits per heavy atom. The van der Waals surface area contributed by atoms with Crippen LogP contribution in [-0.2, 0) is 9.53 Å². The van der Waals surface area contributed by atoms with Crippen molar-refractivity contribution in [2.45, 2.75) is 6.42 Å². The van der Waals surface area contributed by atoms with E-state index in [0.717, 1.165) is 13.1 Å². The molecule has 2 N–H and O–H groups in total. The van der Waals surface area contributed by atoms with Crippen LogP contribution in [0.1, 0.15) is 6.42 Å². The number of nitrogens with one attached hydrogen (secondary N) is 2. The van der Waals surface area contributed by atoms with E-state index in [0.29, 0.717) is 19.1 Å². The fraction of sp³-hybridized carbons (Fsp3) is 0.900. The third-order valence-corrected chi connectivity index (χ3v) is 3.61. The molecule has 88 valence electrons. The minimum absolute atomic E-state index is 0.0861. The number of carbonyl (C=O) groups excluding carboxylic acids is 1. The Morgan fingerprint density at radius 1 is 1.60 bits per heavy atom. The second kappa shape index (κ2) is 7.96. The largest absolute Gasteiger partial charge is 0.383 e. The number of hydrogen-bond acceptors (Lipinski definition) is 4. The normalized spacial score (nSPS) is 20.5. The second-order valence-electron chi connectivity index (χ2n) is 3.70. The van der Waals surface area contributed by atoms with Gasteiger partial charge in [0.2, 0.25) is 5.91 Å². The third kappa shape index (κ3) is 6.02. The first-order valence-corrected chi connectivity index (χ1v) is 6.52. The molecule has 0 bridgehead atoms. The lowest BCUT2D eigenvalue weighted by Crippen LogP contribution is -2.37. The van der Waals surface area contributed by atoms with Crippen LogP contribution in [0.4, 0.5) is 0 Å². The molecule has 1 fully saturated rings. The maximum Gasteiger partial charge on any atom is 0.233 e. The molecule has 1 amide bonds. The van der Waals surface area contributed by atoms with Crippen molar-refractivity contribution in [1.29, 1.82) is 0 Å². The van der Waals surface area contributed by atoms with E-state index in [2.05, 4.69) is 10.6 Å². The van der Waals surface area contributed by atoms with Crippen LogP contribution in [0.2, 0.25) is 0 Å². The first-order valence-electron chi connectivity index (χ1n) is 5.37. The van der Waals surface area contributed by atoms with Gasteiger partial charge >= 0.3 is 0 Å². The molecule has 1 aliphatic rings. The van der Waals surface area contributed by atoms with Crippen molar-refractivity contribution in [3.05, 3.63) is 0 Å². The van der Waals surface area contributed by atoms with Gasteiger partial charge in [-0.15, -0.1) is 0 Å². The van der Waals surface area contributed by atoms with Gasteiger partial charge in [0.25, 0.3) is 0 Å². The fourth-order valence-electron chi connectivity index (χ4n) is 1.44. The van der Waals surface area contributed by atoms with E-state index in [1.54, 1.807) is 7.11 Å². The van der Waals surface area contributed by atoms with Crippen LogP contribution in [0.15, 0.2) is 0 Å². The molecular weight excluding hydrogens is 212 g/mol. The predicted molar refractivity (Wildman–Crippen MR) is 63.2 cm³/mol. The van der Waals surface area contributed by atoms with Crippen LogP contribution in [-0.4, -0.2) is 50.8 Å². The summed E-state index contributed by atoms with van der Waals surface area (Å²) in [4.78, 5) is 11.3. The minimum Gasteiger partial charge on any atom is -0.383 e. The Balaban J connectivity index is 1.93. The predicted octanol–water partition coefficient (Wildman–Crippen LogP) is 0.0917. The maximum atomic E-state index is 11.3. The Kier molecular flexibility index (Phi) is 6.80. The minimum atomic E-state index is 0.0861. The van der Waals surface area contributed by atoms with E-state index in [1.807, 2.05) is 11.8 Å². The lowest BCUT2D eigenvalue weighted by atomic mass is 10.1. The average Bonchev–Trinajstić information content (AvgIpc) is 2.74. The van der Waals surface area contributed by atoms with Crippen molar-refractivity contribution < 1.29 is 9.53 Å². The van der Waals surface area contributed by atoms with Gasteiger partial charge in [-0.3, -0.25) is 4.79 Å². The molecule has 1 unspecified atom stereocenters. The van der Waals surface area contributed by atoms with Crippen LogP contribution in [0.25, 0.3) is 0 Å². The number of methoxy groups -OCH3 is 1. The summed E-state index contributed by atoms with van der Waals surface area (Å²) < 4.78 is 4.87. The van der Waals surface area contributed by atoms with Crippen LogP contribution >= 0.6 is 11.8 Å². The Bertz CT molecular complexity index is 184. The number of thioether (sulfide) groups is 1. The second-order valence-corrected chi connectivity index (χ2v) is 4.85. The Labute approximate surface area is 95.5 Å². The fourth-order valence-corrected chi connectivity index (χ4v) is 2.73. The zero-order chi connectivity index (χ0) is 10.9. The third-order valence-electron chi connectivity index (χ3n) is 2.38. The van der Waals surface area contributed by atoms with Gasteiger partial charge in [0.05, 0.1) is 13.2 Å². The highest BCUT2D eigenvalue weighted by Gasteiger charge is 2.15. The summed E-state index contributed by atoms with van der Waals surface area (Å²) in [6.45, 7) is 2.59. The van der Waals surface area contributed by atoms with Gasteiger partial charge in [0, 0.05) is 20.2 Å². The maximum absolute atomic E-state index is 11.3. The van der Waals surface area contributed by atoms with E-state index < -0.39 is 0 Å². The van der Waals surface area contributed by atoms with Crippen molar-refractivity contribution in [3.63, 3.8) is 0 Å². The summed E-state index contributed by atoms with van der Waals surface area (Å²) in [6.07, 6.45) is 1.24. The van der Waals surface area contributed by atoms with Crippen LogP contribution < -0.4 is 10.6 Å². The Morgan fingerprint density at radius 3 is 3.13 bits per heavy atom. The molecule has 1 atom stereocenters. The zero-order valence-corrected chi connectivity index (χ0v) is 10.1. The summed E-state index contributed by atoms with van der Waals surface area (Å²) in [6, 6.07) is 0. The van der Waals surface area contributed by atoms with E-state index in [4.69, 9.17) is 4.74 Å². The summed E-state index contributed by atoms with van der Waals surface area (Å²) in [5.74, 6) is 3.20. The highest BCUT2D eigenvalue weighted by molar-refractivity contribution is 7.99. The molecule has 0 aromatic heterocycles. The number of amides is 1. The average molecular weight is 232 g/mol. The van der Waals surface area contributed by atoms with Crippen molar-refractivity contribution in [2.24, 2.45) is 5.92 Å². The van der Waals surface area contributed by atoms with Crippen molar-refractivity contribution >= 4 is 17.7 Å². The van der Waals surface area contributed by atoms with Gasteiger partial charge in [-0.1, -0.05) is 0 Å². The first-order chi connectivity index (χ1) is 7.33. The number of ether oxygens (including phenoxy) is 1. The van der Waals surface area contributed by atoms with Gasteiger partial charge in [-0.05, 0) is 23.8 Å². The molecule has 1 heterocycles. The molecule has 5 heteroatoms. The molecular formula is C10H20N2O2S. The zero-order valence-electron chi connectivity index (χ0n) is 9.25. The van der Waals surface area contributed by atoms with Crippen molar-refractivity contribution in [3.8, 4) is 0 Å². The van der Waals surface area contributed by atoms with E-state index in [-0.39, 0.29) is 5.91 Å². The number of carbonyl (C=O) groups is 1. The molecule has 0 aromatic carbocycles. The van der Waals surface area contributed by atoms with Gasteiger partial charge in [-0.2, -0.15) is 11.8 Å². The smallest absolute Gasteiger partial charge is 0.233 e. The SMILES string of the molecule is COCCNCC(=O)NCC1CCSC1. The quantitative estimate of drug-likeness (QED) is 0.611. The molecule has 0 saturated carbocycles. The highest BCUT2D eigenvalue weighted by atomic mass is 32.2. The molecule has 4 nitrogen and oxygen atoms in total. The molecule has 1 rings (SSSR count).